The fourth-order valence-electron chi connectivity index (χ4n) is 1.15. The molecule has 0 saturated carbocycles. The number of rotatable bonds is 8. The van der Waals surface area contributed by atoms with Gasteiger partial charge in [-0.1, -0.05) is 13.3 Å². The summed E-state index contributed by atoms with van der Waals surface area (Å²) in [6.07, 6.45) is 2.66. The minimum Gasteiger partial charge on any atom is -0.311 e. The number of thioether (sulfide) groups is 1. The maximum atomic E-state index is 3.46. The summed E-state index contributed by atoms with van der Waals surface area (Å²) < 4.78 is 1.20. The molecule has 0 spiro atoms. The molecular formula is C11H18BrNS2. The normalized spacial score (nSPS) is 10.8. The lowest BCUT2D eigenvalue weighted by atomic mass is 10.4. The SMILES string of the molecule is CCCCSCCNCc1cc(Br)cs1. The molecule has 0 aromatic carbocycles. The summed E-state index contributed by atoms with van der Waals surface area (Å²) in [6.45, 7) is 4.36. The lowest BCUT2D eigenvalue weighted by Gasteiger charge is -2.02. The van der Waals surface area contributed by atoms with Crippen LogP contribution in [0, 0.1) is 0 Å². The van der Waals surface area contributed by atoms with Crippen LogP contribution in [0.25, 0.3) is 0 Å². The van der Waals surface area contributed by atoms with Gasteiger partial charge in [0, 0.05) is 33.6 Å². The van der Waals surface area contributed by atoms with Crippen molar-refractivity contribution in [2.45, 2.75) is 26.3 Å². The molecule has 0 unspecified atom stereocenters. The van der Waals surface area contributed by atoms with Crippen LogP contribution in [0.4, 0.5) is 0 Å². The third-order valence-corrected chi connectivity index (χ3v) is 4.75. The minimum absolute atomic E-state index is 1.00. The molecule has 1 rings (SSSR count). The Labute approximate surface area is 109 Å². The van der Waals surface area contributed by atoms with Gasteiger partial charge in [-0.15, -0.1) is 11.3 Å². The van der Waals surface area contributed by atoms with E-state index in [1.807, 2.05) is 11.8 Å². The van der Waals surface area contributed by atoms with Crippen LogP contribution < -0.4 is 5.32 Å². The average Bonchev–Trinajstić information content (AvgIpc) is 2.63. The molecule has 4 heteroatoms. The van der Waals surface area contributed by atoms with Gasteiger partial charge in [0.2, 0.25) is 0 Å². The largest absolute Gasteiger partial charge is 0.311 e. The third kappa shape index (κ3) is 6.61. The highest BCUT2D eigenvalue weighted by molar-refractivity contribution is 9.10. The summed E-state index contributed by atoms with van der Waals surface area (Å²) in [4.78, 5) is 1.40. The summed E-state index contributed by atoms with van der Waals surface area (Å²) in [5.74, 6) is 2.54. The molecule has 1 N–H and O–H groups in total. The van der Waals surface area contributed by atoms with Crippen molar-refractivity contribution >= 4 is 39.0 Å². The number of hydrogen-bond acceptors (Lipinski definition) is 3. The van der Waals surface area contributed by atoms with E-state index in [1.165, 1.54) is 33.7 Å². The van der Waals surface area contributed by atoms with Crippen LogP contribution >= 0.6 is 39.0 Å². The standard InChI is InChI=1S/C11H18BrNS2/c1-2-3-5-14-6-4-13-8-11-7-10(12)9-15-11/h7,9,13H,2-6,8H2,1H3. The van der Waals surface area contributed by atoms with Crippen LogP contribution in [-0.2, 0) is 6.54 Å². The van der Waals surface area contributed by atoms with Gasteiger partial charge in [-0.05, 0) is 34.2 Å². The summed E-state index contributed by atoms with van der Waals surface area (Å²) >= 11 is 7.32. The molecule has 1 aromatic heterocycles. The van der Waals surface area contributed by atoms with E-state index in [0.29, 0.717) is 0 Å². The van der Waals surface area contributed by atoms with Gasteiger partial charge in [-0.25, -0.2) is 0 Å². The predicted molar refractivity (Wildman–Crippen MR) is 76.0 cm³/mol. The molecule has 15 heavy (non-hydrogen) atoms. The Hall–Kier alpha value is 0.490. The Balaban J connectivity index is 1.93. The molecule has 0 radical (unpaired) electrons. The van der Waals surface area contributed by atoms with E-state index < -0.39 is 0 Å². The van der Waals surface area contributed by atoms with Crippen molar-refractivity contribution in [3.63, 3.8) is 0 Å². The van der Waals surface area contributed by atoms with Crippen molar-refractivity contribution in [1.29, 1.82) is 0 Å². The molecular weight excluding hydrogens is 290 g/mol. The van der Waals surface area contributed by atoms with Crippen molar-refractivity contribution in [3.8, 4) is 0 Å². The zero-order valence-electron chi connectivity index (χ0n) is 9.09. The van der Waals surface area contributed by atoms with Gasteiger partial charge in [0.05, 0.1) is 0 Å². The van der Waals surface area contributed by atoms with E-state index in [-0.39, 0.29) is 0 Å². The monoisotopic (exact) mass is 307 g/mol. The van der Waals surface area contributed by atoms with Gasteiger partial charge in [0.1, 0.15) is 0 Å². The molecule has 0 aliphatic heterocycles. The number of hydrogen-bond donors (Lipinski definition) is 1. The zero-order valence-corrected chi connectivity index (χ0v) is 12.3. The van der Waals surface area contributed by atoms with Crippen LogP contribution in [0.2, 0.25) is 0 Å². The van der Waals surface area contributed by atoms with E-state index in [4.69, 9.17) is 0 Å². The van der Waals surface area contributed by atoms with E-state index in [0.717, 1.165) is 13.1 Å². The molecule has 1 aromatic rings. The topological polar surface area (TPSA) is 12.0 Å². The summed E-state index contributed by atoms with van der Waals surface area (Å²) in [5.41, 5.74) is 0. The first-order valence-electron chi connectivity index (χ1n) is 5.34. The van der Waals surface area contributed by atoms with Crippen LogP contribution in [0.3, 0.4) is 0 Å². The van der Waals surface area contributed by atoms with Crippen molar-refractivity contribution in [3.05, 3.63) is 20.8 Å². The van der Waals surface area contributed by atoms with Crippen LogP contribution in [-0.4, -0.2) is 18.1 Å². The second kappa shape index (κ2) is 8.62. The van der Waals surface area contributed by atoms with Crippen LogP contribution in [0.5, 0.6) is 0 Å². The first-order valence-corrected chi connectivity index (χ1v) is 8.17. The maximum Gasteiger partial charge on any atom is 0.0300 e. The van der Waals surface area contributed by atoms with E-state index >= 15 is 0 Å². The van der Waals surface area contributed by atoms with Crippen molar-refractivity contribution in [2.75, 3.05) is 18.1 Å². The van der Waals surface area contributed by atoms with Crippen molar-refractivity contribution < 1.29 is 0 Å². The predicted octanol–water partition coefficient (Wildman–Crippen LogP) is 4.13. The smallest absolute Gasteiger partial charge is 0.0300 e. The number of thiophene rings is 1. The molecule has 0 atom stereocenters. The fraction of sp³-hybridized carbons (Fsp3) is 0.636. The first kappa shape index (κ1) is 13.6. The van der Waals surface area contributed by atoms with Crippen LogP contribution in [0.1, 0.15) is 24.6 Å². The number of unbranched alkanes of at least 4 members (excludes halogenated alkanes) is 1. The molecule has 1 nitrogen and oxygen atoms in total. The van der Waals surface area contributed by atoms with Gasteiger partial charge < -0.3 is 5.32 Å². The van der Waals surface area contributed by atoms with Gasteiger partial charge in [-0.2, -0.15) is 11.8 Å². The Morgan fingerprint density at radius 1 is 1.47 bits per heavy atom. The highest BCUT2D eigenvalue weighted by atomic mass is 79.9. The Morgan fingerprint density at radius 2 is 2.33 bits per heavy atom. The highest BCUT2D eigenvalue weighted by Crippen LogP contribution is 2.19. The second-order valence-electron chi connectivity index (χ2n) is 3.37. The minimum atomic E-state index is 1.00. The zero-order chi connectivity index (χ0) is 10.9. The lowest BCUT2D eigenvalue weighted by Crippen LogP contribution is -2.15. The maximum absolute atomic E-state index is 3.46. The quantitative estimate of drug-likeness (QED) is 0.725. The van der Waals surface area contributed by atoms with Gasteiger partial charge >= 0.3 is 0 Å². The Kier molecular flexibility index (Phi) is 7.79. The molecule has 86 valence electrons. The van der Waals surface area contributed by atoms with Crippen molar-refractivity contribution in [2.24, 2.45) is 0 Å². The molecule has 0 aliphatic carbocycles. The lowest BCUT2D eigenvalue weighted by molar-refractivity contribution is 0.740. The molecule has 0 bridgehead atoms. The molecule has 0 aliphatic rings. The fourth-order valence-corrected chi connectivity index (χ4v) is 3.56. The molecule has 1 heterocycles. The van der Waals surface area contributed by atoms with Gasteiger partial charge in [0.25, 0.3) is 0 Å². The summed E-state index contributed by atoms with van der Waals surface area (Å²) in [6, 6.07) is 2.18. The molecule has 0 amide bonds. The Morgan fingerprint density at radius 3 is 3.00 bits per heavy atom. The van der Waals surface area contributed by atoms with E-state index in [1.54, 1.807) is 11.3 Å². The average molecular weight is 308 g/mol. The van der Waals surface area contributed by atoms with Gasteiger partial charge in [-0.3, -0.25) is 0 Å². The first-order chi connectivity index (χ1) is 7.33. The Bertz CT molecular complexity index is 263. The summed E-state index contributed by atoms with van der Waals surface area (Å²) in [5, 5.41) is 5.59. The third-order valence-electron chi connectivity index (χ3n) is 1.99. The molecule has 0 saturated heterocycles. The molecule has 0 fully saturated rings. The van der Waals surface area contributed by atoms with Crippen molar-refractivity contribution in [1.82, 2.24) is 5.32 Å². The summed E-state index contributed by atoms with van der Waals surface area (Å²) in [7, 11) is 0. The van der Waals surface area contributed by atoms with E-state index in [9.17, 15) is 0 Å². The number of nitrogens with one attached hydrogen (secondary N) is 1. The van der Waals surface area contributed by atoms with E-state index in [2.05, 4.69) is 39.6 Å². The van der Waals surface area contributed by atoms with Crippen LogP contribution in [0.15, 0.2) is 15.9 Å². The highest BCUT2D eigenvalue weighted by Gasteiger charge is 1.96. The number of halogens is 1. The van der Waals surface area contributed by atoms with Gasteiger partial charge in [0.15, 0.2) is 0 Å². The second-order valence-corrected chi connectivity index (χ2v) is 6.51.